The molecule has 0 saturated carbocycles. The molecule has 1 fully saturated rings. The van der Waals surface area contributed by atoms with Crippen molar-refractivity contribution in [1.29, 1.82) is 0 Å². The Labute approximate surface area is 148 Å². The van der Waals surface area contributed by atoms with Crippen molar-refractivity contribution in [2.75, 3.05) is 42.3 Å². The molecule has 7 nitrogen and oxygen atoms in total. The lowest BCUT2D eigenvalue weighted by Crippen LogP contribution is -2.43. The summed E-state index contributed by atoms with van der Waals surface area (Å²) >= 11 is 0. The summed E-state index contributed by atoms with van der Waals surface area (Å²) in [7, 11) is 3.97. The largest absolute Gasteiger partial charge is 0.363 e. The number of rotatable bonds is 4. The van der Waals surface area contributed by atoms with E-state index in [1.54, 1.807) is 6.20 Å². The van der Waals surface area contributed by atoms with Gasteiger partial charge in [-0.1, -0.05) is 0 Å². The highest BCUT2D eigenvalue weighted by atomic mass is 15.3. The number of anilines is 3. The van der Waals surface area contributed by atoms with Gasteiger partial charge >= 0.3 is 0 Å². The third-order valence-corrected chi connectivity index (χ3v) is 4.98. The van der Waals surface area contributed by atoms with Crippen LogP contribution in [-0.2, 0) is 12.8 Å². The second-order valence-electron chi connectivity index (χ2n) is 7.09. The topological polar surface area (TPSA) is 70.1 Å². The third kappa shape index (κ3) is 3.50. The highest BCUT2D eigenvalue weighted by Crippen LogP contribution is 2.25. The van der Waals surface area contributed by atoms with Crippen molar-refractivity contribution in [3.8, 4) is 0 Å². The monoisotopic (exact) mass is 339 g/mol. The number of nitrogens with zero attached hydrogens (tertiary/aromatic N) is 6. The molecule has 25 heavy (non-hydrogen) atoms. The van der Waals surface area contributed by atoms with E-state index in [-0.39, 0.29) is 0 Å². The van der Waals surface area contributed by atoms with Crippen LogP contribution in [0.2, 0.25) is 0 Å². The van der Waals surface area contributed by atoms with Gasteiger partial charge in [-0.15, -0.1) is 5.10 Å². The molecule has 0 aromatic carbocycles. The Hall–Kier alpha value is -2.44. The van der Waals surface area contributed by atoms with Crippen molar-refractivity contribution in [2.24, 2.45) is 0 Å². The van der Waals surface area contributed by atoms with E-state index in [0.717, 1.165) is 50.4 Å². The van der Waals surface area contributed by atoms with E-state index in [9.17, 15) is 0 Å². The second-order valence-corrected chi connectivity index (χ2v) is 7.09. The summed E-state index contributed by atoms with van der Waals surface area (Å²) in [5.74, 6) is 2.61. The van der Waals surface area contributed by atoms with E-state index >= 15 is 0 Å². The lowest BCUT2D eigenvalue weighted by atomic mass is 10.1. The van der Waals surface area contributed by atoms with Crippen LogP contribution in [0.4, 0.5) is 17.6 Å². The third-order valence-electron chi connectivity index (χ3n) is 4.98. The zero-order valence-corrected chi connectivity index (χ0v) is 14.9. The lowest BCUT2D eigenvalue weighted by molar-refractivity contribution is 0.522. The minimum atomic E-state index is 0.321. The molecule has 1 saturated heterocycles. The SMILES string of the molecule is CN(C)c1ccnc(NC2CCCN(c3cc4c(nn3)CCC4)C2)n1. The molecule has 1 atom stereocenters. The van der Waals surface area contributed by atoms with Crippen LogP contribution in [0.25, 0.3) is 0 Å². The Morgan fingerprint density at radius 3 is 3.00 bits per heavy atom. The maximum atomic E-state index is 4.57. The van der Waals surface area contributed by atoms with Crippen molar-refractivity contribution in [3.63, 3.8) is 0 Å². The van der Waals surface area contributed by atoms with Crippen molar-refractivity contribution < 1.29 is 0 Å². The van der Waals surface area contributed by atoms with Crippen molar-refractivity contribution >= 4 is 17.6 Å². The van der Waals surface area contributed by atoms with E-state index in [0.29, 0.717) is 12.0 Å². The van der Waals surface area contributed by atoms with Crippen LogP contribution < -0.4 is 15.1 Å². The van der Waals surface area contributed by atoms with Gasteiger partial charge in [-0.25, -0.2) is 4.98 Å². The molecule has 2 aromatic heterocycles. The molecule has 0 spiro atoms. The Bertz CT molecular complexity index is 746. The Morgan fingerprint density at radius 1 is 1.20 bits per heavy atom. The molecular formula is C18H25N7. The number of nitrogens with one attached hydrogen (secondary N) is 1. The van der Waals surface area contributed by atoms with Crippen LogP contribution >= 0.6 is 0 Å². The van der Waals surface area contributed by atoms with Gasteiger partial charge in [-0.2, -0.15) is 10.1 Å². The molecule has 2 aliphatic rings. The summed E-state index contributed by atoms with van der Waals surface area (Å²) in [5.41, 5.74) is 2.56. The fraction of sp³-hybridized carbons (Fsp3) is 0.556. The fourth-order valence-electron chi connectivity index (χ4n) is 3.63. The van der Waals surface area contributed by atoms with E-state index in [1.165, 1.54) is 17.7 Å². The van der Waals surface area contributed by atoms with E-state index in [4.69, 9.17) is 0 Å². The number of piperidine rings is 1. The number of aromatic nitrogens is 4. The Morgan fingerprint density at radius 2 is 2.12 bits per heavy atom. The van der Waals surface area contributed by atoms with Crippen LogP contribution in [0.3, 0.4) is 0 Å². The molecule has 2 aromatic rings. The summed E-state index contributed by atoms with van der Waals surface area (Å²) in [6.45, 7) is 1.94. The first kappa shape index (κ1) is 16.1. The molecule has 132 valence electrons. The molecule has 0 radical (unpaired) electrons. The van der Waals surface area contributed by atoms with Gasteiger partial charge in [0.1, 0.15) is 5.82 Å². The average molecular weight is 339 g/mol. The van der Waals surface area contributed by atoms with Crippen LogP contribution in [0.1, 0.15) is 30.5 Å². The smallest absolute Gasteiger partial charge is 0.224 e. The van der Waals surface area contributed by atoms with Crippen molar-refractivity contribution in [3.05, 3.63) is 29.6 Å². The van der Waals surface area contributed by atoms with Crippen LogP contribution in [0.5, 0.6) is 0 Å². The average Bonchev–Trinajstić information content (AvgIpc) is 3.10. The van der Waals surface area contributed by atoms with Crippen molar-refractivity contribution in [1.82, 2.24) is 20.2 Å². The maximum Gasteiger partial charge on any atom is 0.224 e. The van der Waals surface area contributed by atoms with Gasteiger partial charge in [0.05, 0.1) is 5.69 Å². The molecule has 0 amide bonds. The Kier molecular flexibility index (Phi) is 4.38. The normalized spacial score (nSPS) is 19.6. The summed E-state index contributed by atoms with van der Waals surface area (Å²) in [6, 6.07) is 4.47. The first-order chi connectivity index (χ1) is 12.2. The molecule has 3 heterocycles. The quantitative estimate of drug-likeness (QED) is 0.912. The van der Waals surface area contributed by atoms with Gasteiger partial charge in [-0.3, -0.25) is 0 Å². The summed E-state index contributed by atoms with van der Waals surface area (Å²) < 4.78 is 0. The highest BCUT2D eigenvalue weighted by Gasteiger charge is 2.23. The Balaban J connectivity index is 1.45. The van der Waals surface area contributed by atoms with Gasteiger partial charge in [0.15, 0.2) is 5.82 Å². The second kappa shape index (κ2) is 6.82. The number of hydrogen-bond donors (Lipinski definition) is 1. The minimum Gasteiger partial charge on any atom is -0.363 e. The van der Waals surface area contributed by atoms with Gasteiger partial charge in [0.2, 0.25) is 5.95 Å². The lowest BCUT2D eigenvalue weighted by Gasteiger charge is -2.33. The van der Waals surface area contributed by atoms with Gasteiger partial charge in [0, 0.05) is 39.4 Å². The minimum absolute atomic E-state index is 0.321. The number of aryl methyl sites for hydroxylation is 2. The predicted molar refractivity (Wildman–Crippen MR) is 99.3 cm³/mol. The maximum absolute atomic E-state index is 4.57. The standard InChI is InChI=1S/C18H25N7/c1-24(2)16-8-9-19-18(21-16)20-14-6-4-10-25(12-14)17-11-13-5-3-7-15(13)22-23-17/h8-9,11,14H,3-7,10,12H2,1-2H3,(H,19,20,21). The molecule has 1 unspecified atom stereocenters. The summed E-state index contributed by atoms with van der Waals surface area (Å²) in [5, 5.41) is 12.4. The van der Waals surface area contributed by atoms with E-state index in [2.05, 4.69) is 36.4 Å². The molecular weight excluding hydrogens is 314 g/mol. The van der Waals surface area contributed by atoms with Crippen LogP contribution in [0.15, 0.2) is 18.3 Å². The molecule has 7 heteroatoms. The van der Waals surface area contributed by atoms with Gasteiger partial charge in [-0.05, 0) is 49.8 Å². The fourth-order valence-corrected chi connectivity index (χ4v) is 3.63. The summed E-state index contributed by atoms with van der Waals surface area (Å²) in [4.78, 5) is 13.3. The highest BCUT2D eigenvalue weighted by molar-refractivity contribution is 5.45. The first-order valence-corrected chi connectivity index (χ1v) is 9.06. The molecule has 1 N–H and O–H groups in total. The van der Waals surface area contributed by atoms with E-state index < -0.39 is 0 Å². The molecule has 4 rings (SSSR count). The first-order valence-electron chi connectivity index (χ1n) is 9.06. The zero-order valence-electron chi connectivity index (χ0n) is 14.9. The van der Waals surface area contributed by atoms with Gasteiger partial charge < -0.3 is 15.1 Å². The molecule has 0 bridgehead atoms. The van der Waals surface area contributed by atoms with Gasteiger partial charge in [0.25, 0.3) is 0 Å². The molecule has 1 aliphatic carbocycles. The number of fused-ring (bicyclic) bond motifs is 1. The predicted octanol–water partition coefficient (Wildman–Crippen LogP) is 1.90. The van der Waals surface area contributed by atoms with Crippen LogP contribution in [-0.4, -0.2) is 53.4 Å². The summed E-state index contributed by atoms with van der Waals surface area (Å²) in [6.07, 6.45) is 7.47. The van der Waals surface area contributed by atoms with E-state index in [1.807, 2.05) is 25.1 Å². The number of hydrogen-bond acceptors (Lipinski definition) is 7. The van der Waals surface area contributed by atoms with Crippen LogP contribution in [0, 0.1) is 0 Å². The zero-order chi connectivity index (χ0) is 17.2. The molecule has 1 aliphatic heterocycles. The van der Waals surface area contributed by atoms with Crippen molar-refractivity contribution in [2.45, 2.75) is 38.1 Å².